The number of hydrogen-bond donors (Lipinski definition) is 0. The van der Waals surface area contributed by atoms with Gasteiger partial charge in [-0.05, 0) is 43.0 Å². The third-order valence-corrected chi connectivity index (χ3v) is 5.85. The fraction of sp³-hybridized carbons (Fsp3) is 0.650. The molecule has 6 heteroatoms. The second kappa shape index (κ2) is 9.31. The number of nitrogens with zero attached hydrogens (tertiary/aromatic N) is 3. The Labute approximate surface area is 159 Å². The van der Waals surface area contributed by atoms with Crippen molar-refractivity contribution in [2.75, 3.05) is 13.1 Å². The first-order valence-corrected chi connectivity index (χ1v) is 10.8. The van der Waals surface area contributed by atoms with Crippen molar-refractivity contribution in [3.05, 3.63) is 22.7 Å². The zero-order chi connectivity index (χ0) is 18.4. The minimum absolute atomic E-state index is 0.192. The molecule has 142 valence electrons. The lowest BCUT2D eigenvalue weighted by Gasteiger charge is -2.34. The van der Waals surface area contributed by atoms with E-state index >= 15 is 0 Å². The first kappa shape index (κ1) is 19.1. The summed E-state index contributed by atoms with van der Waals surface area (Å²) in [5.74, 6) is 2.30. The Balaban J connectivity index is 1.59. The van der Waals surface area contributed by atoms with Gasteiger partial charge in [0.1, 0.15) is 0 Å². The Kier molecular flexibility index (Phi) is 6.83. The van der Waals surface area contributed by atoms with Crippen LogP contribution in [0, 0.1) is 11.8 Å². The highest BCUT2D eigenvalue weighted by atomic mass is 32.1. The minimum Gasteiger partial charge on any atom is -0.342 e. The molecule has 1 fully saturated rings. The highest BCUT2D eigenvalue weighted by Gasteiger charge is 2.29. The van der Waals surface area contributed by atoms with Gasteiger partial charge in [-0.3, -0.25) is 4.79 Å². The Hall–Kier alpha value is -1.69. The van der Waals surface area contributed by atoms with Gasteiger partial charge in [-0.2, -0.15) is 16.3 Å². The lowest BCUT2D eigenvalue weighted by Crippen LogP contribution is -2.43. The molecule has 0 saturated carbocycles. The number of rotatable bonds is 8. The number of piperidine rings is 1. The standard InChI is InChI=1S/C20H29N3O2S/c1-3-6-16(7-4-2)20(24)23-10-5-8-15(13-23)12-18-21-19(22-25-18)17-9-11-26-14-17/h9,11,14-16H,3-8,10,12-13H2,1-2H3. The van der Waals surface area contributed by atoms with Gasteiger partial charge in [-0.25, -0.2) is 0 Å². The van der Waals surface area contributed by atoms with Gasteiger partial charge in [0.05, 0.1) is 0 Å². The van der Waals surface area contributed by atoms with E-state index in [1.807, 2.05) is 16.8 Å². The van der Waals surface area contributed by atoms with E-state index in [-0.39, 0.29) is 5.92 Å². The molecule has 1 aliphatic rings. The third kappa shape index (κ3) is 4.72. The average molecular weight is 376 g/mol. The van der Waals surface area contributed by atoms with Crippen LogP contribution in [0.1, 0.15) is 58.3 Å². The van der Waals surface area contributed by atoms with Crippen molar-refractivity contribution in [1.29, 1.82) is 0 Å². The molecule has 1 aliphatic heterocycles. The molecule has 0 aliphatic carbocycles. The number of carbonyl (C=O) groups excluding carboxylic acids is 1. The molecule has 1 amide bonds. The fourth-order valence-electron chi connectivity index (χ4n) is 3.87. The summed E-state index contributed by atoms with van der Waals surface area (Å²) in [7, 11) is 0. The zero-order valence-electron chi connectivity index (χ0n) is 15.8. The van der Waals surface area contributed by atoms with E-state index in [1.54, 1.807) is 11.3 Å². The SMILES string of the molecule is CCCC(CCC)C(=O)N1CCCC(Cc2nc(-c3ccsc3)no2)C1. The average Bonchev–Trinajstić information content (AvgIpc) is 3.33. The molecule has 3 heterocycles. The summed E-state index contributed by atoms with van der Waals surface area (Å²) in [6.07, 6.45) is 7.08. The summed E-state index contributed by atoms with van der Waals surface area (Å²) in [5, 5.41) is 8.13. The van der Waals surface area contributed by atoms with Crippen LogP contribution in [0.5, 0.6) is 0 Å². The highest BCUT2D eigenvalue weighted by molar-refractivity contribution is 7.08. The molecule has 2 aromatic rings. The molecule has 0 N–H and O–H groups in total. The monoisotopic (exact) mass is 375 g/mol. The van der Waals surface area contributed by atoms with Crippen molar-refractivity contribution >= 4 is 17.2 Å². The molecule has 1 saturated heterocycles. The van der Waals surface area contributed by atoms with Crippen LogP contribution in [0.2, 0.25) is 0 Å². The van der Waals surface area contributed by atoms with Crippen LogP contribution in [0.4, 0.5) is 0 Å². The van der Waals surface area contributed by atoms with Crippen LogP contribution in [-0.4, -0.2) is 34.0 Å². The summed E-state index contributed by atoms with van der Waals surface area (Å²) in [6, 6.07) is 2.00. The van der Waals surface area contributed by atoms with E-state index in [0.717, 1.165) is 63.6 Å². The predicted molar refractivity (Wildman–Crippen MR) is 104 cm³/mol. The highest BCUT2D eigenvalue weighted by Crippen LogP contribution is 2.25. The van der Waals surface area contributed by atoms with Crippen LogP contribution in [0.25, 0.3) is 11.4 Å². The molecular weight excluding hydrogens is 346 g/mol. The van der Waals surface area contributed by atoms with Gasteiger partial charge in [-0.15, -0.1) is 0 Å². The lowest BCUT2D eigenvalue weighted by molar-refractivity contribution is -0.138. The van der Waals surface area contributed by atoms with Gasteiger partial charge in [0.2, 0.25) is 17.6 Å². The number of aromatic nitrogens is 2. The Morgan fingerprint density at radius 2 is 2.19 bits per heavy atom. The second-order valence-electron chi connectivity index (χ2n) is 7.29. The second-order valence-corrected chi connectivity index (χ2v) is 8.07. The van der Waals surface area contributed by atoms with Gasteiger partial charge in [0.25, 0.3) is 0 Å². The van der Waals surface area contributed by atoms with E-state index < -0.39 is 0 Å². The number of thiophene rings is 1. The van der Waals surface area contributed by atoms with Crippen LogP contribution in [0.15, 0.2) is 21.3 Å². The van der Waals surface area contributed by atoms with Crippen LogP contribution in [-0.2, 0) is 11.2 Å². The molecule has 26 heavy (non-hydrogen) atoms. The lowest BCUT2D eigenvalue weighted by atomic mass is 9.91. The maximum absolute atomic E-state index is 12.9. The van der Waals surface area contributed by atoms with E-state index in [4.69, 9.17) is 4.52 Å². The quantitative estimate of drug-likeness (QED) is 0.665. The van der Waals surface area contributed by atoms with Crippen molar-refractivity contribution < 1.29 is 9.32 Å². The van der Waals surface area contributed by atoms with Gasteiger partial charge in [0, 0.05) is 36.4 Å². The van der Waals surface area contributed by atoms with Crippen molar-refractivity contribution in [3.8, 4) is 11.4 Å². The van der Waals surface area contributed by atoms with Gasteiger partial charge in [-0.1, -0.05) is 31.8 Å². The number of amides is 1. The summed E-state index contributed by atoms with van der Waals surface area (Å²) in [6.45, 7) is 6.04. The predicted octanol–water partition coefficient (Wildman–Crippen LogP) is 4.80. The van der Waals surface area contributed by atoms with Crippen LogP contribution in [0.3, 0.4) is 0 Å². The summed E-state index contributed by atoms with van der Waals surface area (Å²) < 4.78 is 5.45. The van der Waals surface area contributed by atoms with Crippen molar-refractivity contribution in [1.82, 2.24) is 15.0 Å². The molecular formula is C20H29N3O2S. The Morgan fingerprint density at radius 3 is 2.88 bits per heavy atom. The van der Waals surface area contributed by atoms with Crippen molar-refractivity contribution in [2.24, 2.45) is 11.8 Å². The number of likely N-dealkylation sites (tertiary alicyclic amines) is 1. The van der Waals surface area contributed by atoms with Gasteiger partial charge in [0.15, 0.2) is 0 Å². The number of carbonyl (C=O) groups is 1. The third-order valence-electron chi connectivity index (χ3n) is 5.16. The molecule has 1 unspecified atom stereocenters. The van der Waals surface area contributed by atoms with E-state index in [1.165, 1.54) is 0 Å². The smallest absolute Gasteiger partial charge is 0.227 e. The molecule has 0 bridgehead atoms. The summed E-state index contributed by atoms with van der Waals surface area (Å²) in [5.41, 5.74) is 1.01. The number of hydrogen-bond acceptors (Lipinski definition) is 5. The topological polar surface area (TPSA) is 59.2 Å². The summed E-state index contributed by atoms with van der Waals surface area (Å²) in [4.78, 5) is 19.5. The van der Waals surface area contributed by atoms with E-state index in [0.29, 0.717) is 23.5 Å². The molecule has 5 nitrogen and oxygen atoms in total. The molecule has 3 rings (SSSR count). The molecule has 0 aromatic carbocycles. The van der Waals surface area contributed by atoms with E-state index in [2.05, 4.69) is 28.9 Å². The molecule has 0 radical (unpaired) electrons. The van der Waals surface area contributed by atoms with Crippen LogP contribution >= 0.6 is 11.3 Å². The largest absolute Gasteiger partial charge is 0.342 e. The minimum atomic E-state index is 0.192. The molecule has 1 atom stereocenters. The van der Waals surface area contributed by atoms with Gasteiger partial charge < -0.3 is 9.42 Å². The Bertz CT molecular complexity index is 677. The molecule has 0 spiro atoms. The molecule has 2 aromatic heterocycles. The van der Waals surface area contributed by atoms with Crippen molar-refractivity contribution in [2.45, 2.75) is 58.8 Å². The summed E-state index contributed by atoms with van der Waals surface area (Å²) >= 11 is 1.63. The normalized spacial score (nSPS) is 17.8. The first-order chi connectivity index (χ1) is 12.7. The fourth-order valence-corrected chi connectivity index (χ4v) is 4.51. The first-order valence-electron chi connectivity index (χ1n) is 9.85. The van der Waals surface area contributed by atoms with E-state index in [9.17, 15) is 4.79 Å². The maximum Gasteiger partial charge on any atom is 0.227 e. The van der Waals surface area contributed by atoms with Crippen LogP contribution < -0.4 is 0 Å². The van der Waals surface area contributed by atoms with Crippen molar-refractivity contribution in [3.63, 3.8) is 0 Å². The maximum atomic E-state index is 12.9. The Morgan fingerprint density at radius 1 is 1.38 bits per heavy atom. The zero-order valence-corrected chi connectivity index (χ0v) is 16.6. The van der Waals surface area contributed by atoms with Gasteiger partial charge >= 0.3 is 0 Å².